The second-order valence-electron chi connectivity index (χ2n) is 5.69. The largest absolute Gasteiger partial charge is 0.460 e. The highest BCUT2D eigenvalue weighted by Gasteiger charge is 2.27. The first-order valence-corrected chi connectivity index (χ1v) is 6.47. The molecule has 4 heteroatoms. The van der Waals surface area contributed by atoms with Gasteiger partial charge in [0.25, 0.3) is 0 Å². The van der Waals surface area contributed by atoms with Gasteiger partial charge in [-0.05, 0) is 38.8 Å². The van der Waals surface area contributed by atoms with E-state index in [4.69, 9.17) is 4.74 Å². The van der Waals surface area contributed by atoms with E-state index >= 15 is 0 Å². The summed E-state index contributed by atoms with van der Waals surface area (Å²) in [5.74, 6) is -0.666. The van der Waals surface area contributed by atoms with Gasteiger partial charge < -0.3 is 9.64 Å². The summed E-state index contributed by atoms with van der Waals surface area (Å²) in [5, 5.41) is 0. The van der Waals surface area contributed by atoms with Gasteiger partial charge in [-0.25, -0.2) is 0 Å². The molecule has 1 aliphatic rings. The molecular formula is C15H19NO3. The third kappa shape index (κ3) is 3.34. The lowest BCUT2D eigenvalue weighted by Crippen LogP contribution is -2.33. The quantitative estimate of drug-likeness (QED) is 0.606. The van der Waals surface area contributed by atoms with Crippen LogP contribution in [0.25, 0.3) is 0 Å². The van der Waals surface area contributed by atoms with Gasteiger partial charge >= 0.3 is 5.97 Å². The van der Waals surface area contributed by atoms with Gasteiger partial charge in [-0.1, -0.05) is 18.2 Å². The maximum Gasteiger partial charge on any atom is 0.315 e. The number of anilines is 1. The van der Waals surface area contributed by atoms with Gasteiger partial charge in [0, 0.05) is 12.2 Å². The van der Waals surface area contributed by atoms with Crippen molar-refractivity contribution in [1.29, 1.82) is 0 Å². The Kier molecular flexibility index (Phi) is 3.60. The van der Waals surface area contributed by atoms with Gasteiger partial charge in [0.2, 0.25) is 5.91 Å². The molecule has 0 bridgehead atoms. The predicted octanol–water partition coefficient (Wildman–Crippen LogP) is 2.31. The van der Waals surface area contributed by atoms with Gasteiger partial charge in [-0.2, -0.15) is 0 Å². The van der Waals surface area contributed by atoms with Crippen molar-refractivity contribution in [2.45, 2.75) is 39.2 Å². The van der Waals surface area contributed by atoms with Crippen molar-refractivity contribution >= 4 is 17.6 Å². The Labute approximate surface area is 113 Å². The summed E-state index contributed by atoms with van der Waals surface area (Å²) in [6, 6.07) is 7.78. The van der Waals surface area contributed by atoms with Crippen molar-refractivity contribution in [2.75, 3.05) is 11.4 Å². The number of carbonyl (C=O) groups is 2. The van der Waals surface area contributed by atoms with E-state index in [1.54, 1.807) is 25.7 Å². The number of carbonyl (C=O) groups excluding carboxylic acids is 2. The van der Waals surface area contributed by atoms with Crippen molar-refractivity contribution in [1.82, 2.24) is 0 Å². The molecule has 0 fully saturated rings. The van der Waals surface area contributed by atoms with Crippen LogP contribution in [0.1, 0.15) is 32.8 Å². The topological polar surface area (TPSA) is 46.6 Å². The zero-order valence-corrected chi connectivity index (χ0v) is 11.6. The van der Waals surface area contributed by atoms with Gasteiger partial charge in [0.15, 0.2) is 0 Å². The van der Waals surface area contributed by atoms with Crippen molar-refractivity contribution in [2.24, 2.45) is 0 Å². The third-order valence-corrected chi connectivity index (χ3v) is 2.90. The molecule has 0 aliphatic carbocycles. The van der Waals surface area contributed by atoms with Crippen LogP contribution in [0.4, 0.5) is 5.69 Å². The Balaban J connectivity index is 2.01. The van der Waals surface area contributed by atoms with Crippen LogP contribution in [-0.2, 0) is 20.7 Å². The van der Waals surface area contributed by atoms with Gasteiger partial charge in [-0.15, -0.1) is 0 Å². The maximum absolute atomic E-state index is 12.1. The van der Waals surface area contributed by atoms with Crippen molar-refractivity contribution in [3.05, 3.63) is 29.8 Å². The molecule has 4 nitrogen and oxygen atoms in total. The van der Waals surface area contributed by atoms with Crippen LogP contribution < -0.4 is 4.90 Å². The molecule has 1 aromatic rings. The molecule has 0 radical (unpaired) electrons. The van der Waals surface area contributed by atoms with Crippen LogP contribution in [0.5, 0.6) is 0 Å². The first-order chi connectivity index (χ1) is 8.87. The summed E-state index contributed by atoms with van der Waals surface area (Å²) in [5.41, 5.74) is 1.51. The molecule has 0 unspecified atom stereocenters. The summed E-state index contributed by atoms with van der Waals surface area (Å²) in [4.78, 5) is 25.5. The SMILES string of the molecule is CC(C)(C)OC(=O)CC(=O)N1CCc2ccccc21. The molecule has 1 aliphatic heterocycles. The number of benzene rings is 1. The number of fused-ring (bicyclic) bond motifs is 1. The molecule has 102 valence electrons. The lowest BCUT2D eigenvalue weighted by molar-refractivity contribution is -0.156. The molecular weight excluding hydrogens is 242 g/mol. The summed E-state index contributed by atoms with van der Waals surface area (Å²) >= 11 is 0. The minimum atomic E-state index is -0.555. The molecule has 1 aromatic carbocycles. The van der Waals surface area contributed by atoms with E-state index in [1.165, 1.54) is 0 Å². The molecule has 2 rings (SSSR count). The van der Waals surface area contributed by atoms with E-state index in [9.17, 15) is 9.59 Å². The average molecular weight is 261 g/mol. The fourth-order valence-electron chi connectivity index (χ4n) is 2.19. The van der Waals surface area contributed by atoms with E-state index in [-0.39, 0.29) is 12.3 Å². The summed E-state index contributed by atoms with van der Waals surface area (Å²) < 4.78 is 5.17. The molecule has 19 heavy (non-hydrogen) atoms. The normalized spacial score (nSPS) is 14.2. The molecule has 0 spiro atoms. The monoisotopic (exact) mass is 261 g/mol. The van der Waals surface area contributed by atoms with E-state index in [1.807, 2.05) is 24.3 Å². The molecule has 0 N–H and O–H groups in total. The zero-order valence-electron chi connectivity index (χ0n) is 11.6. The molecule has 0 aromatic heterocycles. The number of para-hydroxylation sites is 1. The molecule has 0 saturated heterocycles. The van der Waals surface area contributed by atoms with E-state index in [0.717, 1.165) is 17.7 Å². The van der Waals surface area contributed by atoms with Crippen LogP contribution in [0.15, 0.2) is 24.3 Å². The number of hydrogen-bond acceptors (Lipinski definition) is 3. The molecule has 1 heterocycles. The summed E-state index contributed by atoms with van der Waals surface area (Å²) in [6.45, 7) is 6.02. The maximum atomic E-state index is 12.1. The van der Waals surface area contributed by atoms with E-state index in [2.05, 4.69) is 0 Å². The van der Waals surface area contributed by atoms with Gasteiger partial charge in [-0.3, -0.25) is 9.59 Å². The first-order valence-electron chi connectivity index (χ1n) is 6.47. The van der Waals surface area contributed by atoms with Gasteiger partial charge in [0.1, 0.15) is 12.0 Å². The Morgan fingerprint density at radius 3 is 2.63 bits per heavy atom. The standard InChI is InChI=1S/C15H19NO3/c1-15(2,3)19-14(18)10-13(17)16-9-8-11-6-4-5-7-12(11)16/h4-7H,8-10H2,1-3H3. The van der Waals surface area contributed by atoms with Crippen molar-refractivity contribution < 1.29 is 14.3 Å². The minimum Gasteiger partial charge on any atom is -0.460 e. The Hall–Kier alpha value is -1.84. The predicted molar refractivity (Wildman–Crippen MR) is 73.0 cm³/mol. The number of amides is 1. The summed E-state index contributed by atoms with van der Waals surface area (Å²) in [7, 11) is 0. The lowest BCUT2D eigenvalue weighted by Gasteiger charge is -2.21. The fraction of sp³-hybridized carbons (Fsp3) is 0.467. The second kappa shape index (κ2) is 5.03. The molecule has 1 amide bonds. The van der Waals surface area contributed by atoms with E-state index < -0.39 is 11.6 Å². The van der Waals surface area contributed by atoms with Crippen LogP contribution >= 0.6 is 0 Å². The molecule has 0 atom stereocenters. The molecule has 0 saturated carbocycles. The van der Waals surface area contributed by atoms with Crippen molar-refractivity contribution in [3.63, 3.8) is 0 Å². The minimum absolute atomic E-state index is 0.195. The van der Waals surface area contributed by atoms with Crippen LogP contribution in [0, 0.1) is 0 Å². The third-order valence-electron chi connectivity index (χ3n) is 2.90. The van der Waals surface area contributed by atoms with Crippen LogP contribution in [-0.4, -0.2) is 24.0 Å². The summed E-state index contributed by atoms with van der Waals surface area (Å²) in [6.07, 6.45) is 0.641. The number of esters is 1. The Morgan fingerprint density at radius 2 is 1.95 bits per heavy atom. The van der Waals surface area contributed by atoms with Gasteiger partial charge in [0.05, 0.1) is 0 Å². The Morgan fingerprint density at radius 1 is 1.26 bits per heavy atom. The highest BCUT2D eigenvalue weighted by molar-refractivity contribution is 6.04. The number of rotatable bonds is 2. The highest BCUT2D eigenvalue weighted by Crippen LogP contribution is 2.28. The van der Waals surface area contributed by atoms with Crippen LogP contribution in [0.3, 0.4) is 0 Å². The number of hydrogen-bond donors (Lipinski definition) is 0. The van der Waals surface area contributed by atoms with E-state index in [0.29, 0.717) is 6.54 Å². The first kappa shape index (κ1) is 13.6. The second-order valence-corrected chi connectivity index (χ2v) is 5.69. The lowest BCUT2D eigenvalue weighted by atomic mass is 10.2. The number of ether oxygens (including phenoxy) is 1. The zero-order chi connectivity index (χ0) is 14.0. The smallest absolute Gasteiger partial charge is 0.315 e. The van der Waals surface area contributed by atoms with Crippen molar-refractivity contribution in [3.8, 4) is 0 Å². The highest BCUT2D eigenvalue weighted by atomic mass is 16.6. The van der Waals surface area contributed by atoms with Crippen LogP contribution in [0.2, 0.25) is 0 Å². The Bertz CT molecular complexity index is 502. The average Bonchev–Trinajstić information content (AvgIpc) is 2.69. The fourth-order valence-corrected chi connectivity index (χ4v) is 2.19. The number of nitrogens with zero attached hydrogens (tertiary/aromatic N) is 1.